The van der Waals surface area contributed by atoms with E-state index in [4.69, 9.17) is 17.3 Å². The van der Waals surface area contributed by atoms with E-state index in [0.717, 1.165) is 13.0 Å². The summed E-state index contributed by atoms with van der Waals surface area (Å²) in [6.45, 7) is 0.860. The Labute approximate surface area is 87.6 Å². The molecule has 0 atom stereocenters. The zero-order valence-corrected chi connectivity index (χ0v) is 9.24. The highest BCUT2D eigenvalue weighted by Crippen LogP contribution is 2.17. The van der Waals surface area contributed by atoms with Crippen LogP contribution in [0.1, 0.15) is 12.8 Å². The van der Waals surface area contributed by atoms with E-state index >= 15 is 0 Å². The van der Waals surface area contributed by atoms with Crippen molar-refractivity contribution in [3.63, 3.8) is 0 Å². The van der Waals surface area contributed by atoms with Crippen LogP contribution >= 0.6 is 23.4 Å². The van der Waals surface area contributed by atoms with Gasteiger partial charge in [-0.15, -0.1) is 0 Å². The predicted octanol–water partition coefficient (Wildman–Crippen LogP) is 2.26. The minimum absolute atomic E-state index is 0.546. The number of aryl methyl sites for hydroxylation is 1. The molecule has 0 unspecified atom stereocenters. The van der Waals surface area contributed by atoms with Crippen molar-refractivity contribution in [1.82, 2.24) is 9.78 Å². The van der Waals surface area contributed by atoms with Gasteiger partial charge in [-0.25, -0.2) is 4.68 Å². The lowest BCUT2D eigenvalue weighted by Gasteiger charge is -2.02. The van der Waals surface area contributed by atoms with E-state index < -0.39 is 0 Å². The van der Waals surface area contributed by atoms with Gasteiger partial charge in [0.15, 0.2) is 0 Å². The Morgan fingerprint density at radius 3 is 2.92 bits per heavy atom. The van der Waals surface area contributed by atoms with Gasteiger partial charge < -0.3 is 5.73 Å². The Hall–Kier alpha value is -0.350. The molecule has 0 saturated heterocycles. The molecule has 3 nitrogen and oxygen atoms in total. The molecular weight excluding hydrogens is 206 g/mol. The van der Waals surface area contributed by atoms with E-state index in [2.05, 4.69) is 11.4 Å². The zero-order chi connectivity index (χ0) is 9.68. The molecule has 5 heteroatoms. The summed E-state index contributed by atoms with van der Waals surface area (Å²) < 4.78 is 1.75. The number of thioether (sulfide) groups is 1. The Morgan fingerprint density at radius 2 is 2.38 bits per heavy atom. The normalized spacial score (nSPS) is 10.6. The van der Waals surface area contributed by atoms with Crippen molar-refractivity contribution in [1.29, 1.82) is 0 Å². The first-order valence-electron chi connectivity index (χ1n) is 4.21. The molecule has 2 N–H and O–H groups in total. The predicted molar refractivity (Wildman–Crippen MR) is 59.3 cm³/mol. The van der Waals surface area contributed by atoms with E-state index in [9.17, 15) is 0 Å². The van der Waals surface area contributed by atoms with Crippen molar-refractivity contribution in [3.8, 4) is 0 Å². The quantitative estimate of drug-likeness (QED) is 0.773. The van der Waals surface area contributed by atoms with Gasteiger partial charge in [0.1, 0.15) is 10.8 Å². The highest BCUT2D eigenvalue weighted by Gasteiger charge is 2.03. The summed E-state index contributed by atoms with van der Waals surface area (Å²) in [5, 5.41) is 4.61. The van der Waals surface area contributed by atoms with Crippen LogP contribution in [-0.2, 0) is 6.54 Å². The van der Waals surface area contributed by atoms with Gasteiger partial charge in [0.25, 0.3) is 0 Å². The van der Waals surface area contributed by atoms with Crippen LogP contribution in [0.25, 0.3) is 0 Å². The monoisotopic (exact) mass is 219 g/mol. The lowest BCUT2D eigenvalue weighted by atomic mass is 10.3. The molecule has 0 saturated carbocycles. The summed E-state index contributed by atoms with van der Waals surface area (Å²) in [5.41, 5.74) is 5.68. The smallest absolute Gasteiger partial charge is 0.140 e. The number of anilines is 1. The first kappa shape index (κ1) is 10.7. The molecular formula is C8H14ClN3S. The number of nitrogen functional groups attached to an aromatic ring is 1. The third kappa shape index (κ3) is 3.12. The fourth-order valence-electron chi connectivity index (χ4n) is 1.06. The number of halogens is 1. The van der Waals surface area contributed by atoms with Gasteiger partial charge in [0, 0.05) is 6.54 Å². The summed E-state index contributed by atoms with van der Waals surface area (Å²) in [7, 11) is 0. The lowest BCUT2D eigenvalue weighted by Crippen LogP contribution is -2.04. The van der Waals surface area contributed by atoms with Crippen LogP contribution < -0.4 is 5.73 Å². The van der Waals surface area contributed by atoms with E-state index in [0.29, 0.717) is 10.8 Å². The second kappa shape index (κ2) is 5.40. The van der Waals surface area contributed by atoms with E-state index in [-0.39, 0.29) is 0 Å². The van der Waals surface area contributed by atoms with E-state index in [1.54, 1.807) is 10.9 Å². The number of hydrogen-bond donors (Lipinski definition) is 1. The fourth-order valence-corrected chi connectivity index (χ4v) is 1.69. The fraction of sp³-hybridized carbons (Fsp3) is 0.625. The Morgan fingerprint density at radius 1 is 1.62 bits per heavy atom. The van der Waals surface area contributed by atoms with Gasteiger partial charge in [0.05, 0.1) is 6.20 Å². The molecule has 1 aromatic heterocycles. The SMILES string of the molecule is CSCCCCn1ncc(Cl)c1N. The number of unbranched alkanes of at least 4 members (excludes halogenated alkanes) is 1. The Balaban J connectivity index is 2.32. The number of hydrogen-bond acceptors (Lipinski definition) is 3. The number of rotatable bonds is 5. The van der Waals surface area contributed by atoms with Gasteiger partial charge in [0.2, 0.25) is 0 Å². The molecule has 0 aromatic carbocycles. The molecule has 1 heterocycles. The number of nitrogens with zero attached hydrogens (tertiary/aromatic N) is 2. The van der Waals surface area contributed by atoms with Crippen molar-refractivity contribution in [2.75, 3.05) is 17.7 Å². The van der Waals surface area contributed by atoms with Gasteiger partial charge in [-0.05, 0) is 24.9 Å². The third-order valence-electron chi connectivity index (χ3n) is 1.80. The number of aromatic nitrogens is 2. The molecule has 0 spiro atoms. The molecule has 0 amide bonds. The summed E-state index contributed by atoms with van der Waals surface area (Å²) in [4.78, 5) is 0. The van der Waals surface area contributed by atoms with Gasteiger partial charge in [-0.1, -0.05) is 11.6 Å². The van der Waals surface area contributed by atoms with E-state index in [1.165, 1.54) is 12.2 Å². The van der Waals surface area contributed by atoms with Crippen LogP contribution in [0.3, 0.4) is 0 Å². The molecule has 0 radical (unpaired) electrons. The average molecular weight is 220 g/mol. The summed E-state index contributed by atoms with van der Waals surface area (Å²) in [6.07, 6.45) is 5.99. The topological polar surface area (TPSA) is 43.8 Å². The van der Waals surface area contributed by atoms with Crippen molar-refractivity contribution in [3.05, 3.63) is 11.2 Å². The first-order chi connectivity index (χ1) is 6.25. The van der Waals surface area contributed by atoms with Crippen LogP contribution in [0.15, 0.2) is 6.20 Å². The van der Waals surface area contributed by atoms with E-state index in [1.807, 2.05) is 11.8 Å². The summed E-state index contributed by atoms with van der Waals surface area (Å²) >= 11 is 7.62. The summed E-state index contributed by atoms with van der Waals surface area (Å²) in [6, 6.07) is 0. The van der Waals surface area contributed by atoms with Crippen LogP contribution in [0.5, 0.6) is 0 Å². The molecule has 74 valence electrons. The molecule has 1 aromatic rings. The maximum Gasteiger partial charge on any atom is 0.140 e. The average Bonchev–Trinajstić information content (AvgIpc) is 2.43. The molecule has 0 aliphatic rings. The first-order valence-corrected chi connectivity index (χ1v) is 5.98. The Bertz CT molecular complexity index is 262. The highest BCUT2D eigenvalue weighted by molar-refractivity contribution is 7.98. The molecule has 0 bridgehead atoms. The summed E-state index contributed by atoms with van der Waals surface area (Å²) in [5.74, 6) is 1.76. The maximum absolute atomic E-state index is 5.76. The standard InChI is InChI=1S/C8H14ClN3S/c1-13-5-3-2-4-12-8(10)7(9)6-11-12/h6H,2-5,10H2,1H3. The van der Waals surface area contributed by atoms with Crippen LogP contribution in [0.2, 0.25) is 5.02 Å². The second-order valence-electron chi connectivity index (χ2n) is 2.80. The Kier molecular flexibility index (Phi) is 4.45. The van der Waals surface area contributed by atoms with Gasteiger partial charge in [-0.3, -0.25) is 0 Å². The van der Waals surface area contributed by atoms with Gasteiger partial charge in [-0.2, -0.15) is 16.9 Å². The van der Waals surface area contributed by atoms with Crippen molar-refractivity contribution in [2.24, 2.45) is 0 Å². The lowest BCUT2D eigenvalue weighted by molar-refractivity contribution is 0.581. The maximum atomic E-state index is 5.76. The third-order valence-corrected chi connectivity index (χ3v) is 2.79. The van der Waals surface area contributed by atoms with Crippen LogP contribution in [0.4, 0.5) is 5.82 Å². The molecule has 1 rings (SSSR count). The van der Waals surface area contributed by atoms with Crippen molar-refractivity contribution in [2.45, 2.75) is 19.4 Å². The van der Waals surface area contributed by atoms with Crippen LogP contribution in [0, 0.1) is 0 Å². The zero-order valence-electron chi connectivity index (χ0n) is 7.66. The van der Waals surface area contributed by atoms with Crippen molar-refractivity contribution >= 4 is 29.2 Å². The molecule has 0 aliphatic heterocycles. The number of nitrogens with two attached hydrogens (primary N) is 1. The molecule has 0 aliphatic carbocycles. The molecule has 0 fully saturated rings. The second-order valence-corrected chi connectivity index (χ2v) is 4.19. The highest BCUT2D eigenvalue weighted by atomic mass is 35.5. The minimum Gasteiger partial charge on any atom is -0.383 e. The largest absolute Gasteiger partial charge is 0.383 e. The van der Waals surface area contributed by atoms with Crippen LogP contribution in [-0.4, -0.2) is 21.8 Å². The van der Waals surface area contributed by atoms with Gasteiger partial charge >= 0.3 is 0 Å². The minimum atomic E-state index is 0.546. The van der Waals surface area contributed by atoms with Crippen molar-refractivity contribution < 1.29 is 0 Å². The molecule has 13 heavy (non-hydrogen) atoms.